The molecule has 2 N–H and O–H groups in total. The van der Waals surface area contributed by atoms with Crippen LogP contribution in [0.5, 0.6) is 0 Å². The number of halogens is 2. The van der Waals surface area contributed by atoms with Gasteiger partial charge in [-0.25, -0.2) is 0 Å². The molecule has 1 aliphatic heterocycles. The van der Waals surface area contributed by atoms with Crippen LogP contribution in [0.1, 0.15) is 23.2 Å². The highest BCUT2D eigenvalue weighted by Gasteiger charge is 2.33. The van der Waals surface area contributed by atoms with E-state index < -0.39 is 11.9 Å². The summed E-state index contributed by atoms with van der Waals surface area (Å²) in [6, 6.07) is 3.83. The van der Waals surface area contributed by atoms with Crippen molar-refractivity contribution in [1.82, 2.24) is 15.5 Å². The SMILES string of the molecule is O=CCNC(=O)[C@@H]1CCCN1C(=O)CNC(=O)c1cc(Cl)ccc1Cl. The average molecular weight is 386 g/mol. The third-order valence-corrected chi connectivity index (χ3v) is 4.37. The van der Waals surface area contributed by atoms with Gasteiger partial charge >= 0.3 is 0 Å². The minimum absolute atomic E-state index is 0.0959. The van der Waals surface area contributed by atoms with E-state index in [1.165, 1.54) is 17.0 Å². The van der Waals surface area contributed by atoms with Crippen molar-refractivity contribution in [3.05, 3.63) is 33.8 Å². The second-order valence-corrected chi connectivity index (χ2v) is 6.31. The average Bonchev–Trinajstić information content (AvgIpc) is 3.09. The van der Waals surface area contributed by atoms with Gasteiger partial charge in [0.05, 0.1) is 23.7 Å². The van der Waals surface area contributed by atoms with Gasteiger partial charge in [-0.1, -0.05) is 23.2 Å². The van der Waals surface area contributed by atoms with Crippen molar-refractivity contribution in [2.24, 2.45) is 0 Å². The van der Waals surface area contributed by atoms with E-state index in [2.05, 4.69) is 10.6 Å². The van der Waals surface area contributed by atoms with E-state index >= 15 is 0 Å². The van der Waals surface area contributed by atoms with E-state index in [0.29, 0.717) is 30.7 Å². The molecule has 0 aromatic heterocycles. The van der Waals surface area contributed by atoms with Gasteiger partial charge in [0.2, 0.25) is 11.8 Å². The van der Waals surface area contributed by atoms with Crippen molar-refractivity contribution in [2.45, 2.75) is 18.9 Å². The number of carbonyl (C=O) groups excluding carboxylic acids is 4. The van der Waals surface area contributed by atoms with Crippen molar-refractivity contribution in [3.63, 3.8) is 0 Å². The standard InChI is InChI=1S/C16H17Cl2N3O4/c17-10-3-4-12(18)11(8-10)15(24)20-9-14(23)21-6-1-2-13(21)16(25)19-5-7-22/h3-4,7-8,13H,1-2,5-6,9H2,(H,19,25)(H,20,24)/t13-/m0/s1. The summed E-state index contributed by atoms with van der Waals surface area (Å²) in [7, 11) is 0. The molecular weight excluding hydrogens is 369 g/mol. The van der Waals surface area contributed by atoms with Gasteiger partial charge < -0.3 is 20.3 Å². The van der Waals surface area contributed by atoms with Gasteiger partial charge in [-0.05, 0) is 31.0 Å². The fourth-order valence-electron chi connectivity index (χ4n) is 2.62. The Labute approximate surface area is 154 Å². The topological polar surface area (TPSA) is 95.6 Å². The van der Waals surface area contributed by atoms with Gasteiger partial charge in [0.15, 0.2) is 0 Å². The number of rotatable bonds is 6. The van der Waals surface area contributed by atoms with Crippen LogP contribution in [0.2, 0.25) is 10.0 Å². The zero-order valence-corrected chi connectivity index (χ0v) is 14.8. The summed E-state index contributed by atoms with van der Waals surface area (Å²) < 4.78 is 0. The van der Waals surface area contributed by atoms with Gasteiger partial charge in [-0.2, -0.15) is 0 Å². The Balaban J connectivity index is 1.94. The summed E-state index contributed by atoms with van der Waals surface area (Å²) in [5, 5.41) is 5.51. The summed E-state index contributed by atoms with van der Waals surface area (Å²) in [6.07, 6.45) is 1.78. The minimum Gasteiger partial charge on any atom is -0.348 e. The highest BCUT2D eigenvalue weighted by atomic mass is 35.5. The van der Waals surface area contributed by atoms with E-state index in [-0.39, 0.29) is 35.5 Å². The molecule has 1 atom stereocenters. The van der Waals surface area contributed by atoms with Gasteiger partial charge in [0.1, 0.15) is 12.3 Å². The third-order valence-electron chi connectivity index (χ3n) is 3.81. The Kier molecular flexibility index (Phi) is 6.78. The first-order valence-corrected chi connectivity index (χ1v) is 8.43. The van der Waals surface area contributed by atoms with Crippen LogP contribution in [0.25, 0.3) is 0 Å². The largest absolute Gasteiger partial charge is 0.348 e. The highest BCUT2D eigenvalue weighted by Crippen LogP contribution is 2.21. The zero-order chi connectivity index (χ0) is 18.4. The van der Waals surface area contributed by atoms with Gasteiger partial charge in [-0.15, -0.1) is 0 Å². The molecule has 0 bridgehead atoms. The second kappa shape index (κ2) is 8.82. The lowest BCUT2D eigenvalue weighted by atomic mass is 10.2. The maximum Gasteiger partial charge on any atom is 0.253 e. The van der Waals surface area contributed by atoms with E-state index in [1.807, 2.05) is 0 Å². The molecule has 1 saturated heterocycles. The molecule has 1 heterocycles. The molecule has 134 valence electrons. The molecule has 0 radical (unpaired) electrons. The molecule has 1 aromatic rings. The van der Waals surface area contributed by atoms with Crippen LogP contribution in [0, 0.1) is 0 Å². The first kappa shape index (κ1) is 19.2. The number of carbonyl (C=O) groups is 4. The van der Waals surface area contributed by atoms with E-state index in [4.69, 9.17) is 23.2 Å². The number of likely N-dealkylation sites (tertiary alicyclic amines) is 1. The van der Waals surface area contributed by atoms with Crippen LogP contribution in [0.4, 0.5) is 0 Å². The first-order chi connectivity index (χ1) is 11.9. The smallest absolute Gasteiger partial charge is 0.253 e. The predicted molar refractivity (Wildman–Crippen MR) is 92.6 cm³/mol. The minimum atomic E-state index is -0.626. The lowest BCUT2D eigenvalue weighted by Crippen LogP contribution is -2.49. The fraction of sp³-hybridized carbons (Fsp3) is 0.375. The molecule has 25 heavy (non-hydrogen) atoms. The second-order valence-electron chi connectivity index (χ2n) is 5.46. The first-order valence-electron chi connectivity index (χ1n) is 7.68. The number of amides is 3. The number of nitrogens with zero attached hydrogens (tertiary/aromatic N) is 1. The Hall–Kier alpha value is -2.12. The highest BCUT2D eigenvalue weighted by molar-refractivity contribution is 6.35. The van der Waals surface area contributed by atoms with Crippen LogP contribution >= 0.6 is 23.2 Å². The summed E-state index contributed by atoms with van der Waals surface area (Å²) in [4.78, 5) is 48.2. The lowest BCUT2D eigenvalue weighted by molar-refractivity contribution is -0.137. The van der Waals surface area contributed by atoms with Crippen LogP contribution < -0.4 is 10.6 Å². The van der Waals surface area contributed by atoms with Crippen LogP contribution in [0.15, 0.2) is 18.2 Å². The predicted octanol–water partition coefficient (Wildman–Crippen LogP) is 1.03. The molecule has 0 spiro atoms. The maximum absolute atomic E-state index is 12.3. The van der Waals surface area contributed by atoms with Gasteiger partial charge in [0, 0.05) is 11.6 Å². The van der Waals surface area contributed by atoms with Crippen LogP contribution in [-0.4, -0.2) is 54.6 Å². The molecular formula is C16H17Cl2N3O4. The molecule has 3 amide bonds. The molecule has 1 aromatic carbocycles. The molecule has 0 saturated carbocycles. The number of hydrogen-bond donors (Lipinski definition) is 2. The summed E-state index contributed by atoms with van der Waals surface area (Å²) >= 11 is 11.8. The third kappa shape index (κ3) is 4.93. The monoisotopic (exact) mass is 385 g/mol. The van der Waals surface area contributed by atoms with Crippen molar-refractivity contribution in [3.8, 4) is 0 Å². The maximum atomic E-state index is 12.3. The molecule has 0 aliphatic carbocycles. The van der Waals surface area contributed by atoms with Crippen LogP contribution in [0.3, 0.4) is 0 Å². The zero-order valence-electron chi connectivity index (χ0n) is 13.3. The molecule has 7 nitrogen and oxygen atoms in total. The van der Waals surface area contributed by atoms with E-state index in [1.54, 1.807) is 6.07 Å². The Morgan fingerprint density at radius 1 is 1.24 bits per heavy atom. The molecule has 9 heteroatoms. The van der Waals surface area contributed by atoms with E-state index in [9.17, 15) is 19.2 Å². The van der Waals surface area contributed by atoms with E-state index in [0.717, 1.165) is 0 Å². The van der Waals surface area contributed by atoms with Gasteiger partial charge in [-0.3, -0.25) is 14.4 Å². The Morgan fingerprint density at radius 2 is 2.00 bits per heavy atom. The number of aldehydes is 1. The molecule has 2 rings (SSSR count). The Morgan fingerprint density at radius 3 is 2.72 bits per heavy atom. The molecule has 1 fully saturated rings. The molecule has 0 unspecified atom stereocenters. The summed E-state index contributed by atoms with van der Waals surface area (Å²) in [5.41, 5.74) is 0.170. The summed E-state index contributed by atoms with van der Waals surface area (Å²) in [5.74, 6) is -1.28. The van der Waals surface area contributed by atoms with Gasteiger partial charge in [0.25, 0.3) is 5.91 Å². The van der Waals surface area contributed by atoms with Crippen molar-refractivity contribution in [1.29, 1.82) is 0 Å². The Bertz CT molecular complexity index is 696. The number of nitrogens with one attached hydrogen (secondary N) is 2. The quantitative estimate of drug-likeness (QED) is 0.714. The van der Waals surface area contributed by atoms with Crippen molar-refractivity contribution >= 4 is 47.2 Å². The number of hydrogen-bond acceptors (Lipinski definition) is 4. The van der Waals surface area contributed by atoms with Crippen molar-refractivity contribution in [2.75, 3.05) is 19.6 Å². The summed E-state index contributed by atoms with van der Waals surface area (Å²) in [6.45, 7) is 0.0618. The normalized spacial score (nSPS) is 16.4. The lowest BCUT2D eigenvalue weighted by Gasteiger charge is -2.23. The van der Waals surface area contributed by atoms with Crippen LogP contribution in [-0.2, 0) is 14.4 Å². The van der Waals surface area contributed by atoms with Crippen molar-refractivity contribution < 1.29 is 19.2 Å². The fourth-order valence-corrected chi connectivity index (χ4v) is 3.00. The number of benzene rings is 1. The molecule has 1 aliphatic rings.